The largest absolute Gasteiger partial charge is 0.491 e. The smallest absolute Gasteiger partial charge is 0.119 e. The van der Waals surface area contributed by atoms with Crippen LogP contribution in [0, 0.1) is 5.92 Å². The quantitative estimate of drug-likeness (QED) is 0.825. The number of rotatable bonds is 7. The Morgan fingerprint density at radius 1 is 1.19 bits per heavy atom. The van der Waals surface area contributed by atoms with Gasteiger partial charge in [-0.3, -0.25) is 0 Å². The topological polar surface area (TPSA) is 30.5 Å². The predicted molar refractivity (Wildman–Crippen MR) is 86.8 cm³/mol. The summed E-state index contributed by atoms with van der Waals surface area (Å²) in [5, 5.41) is 3.72. The maximum Gasteiger partial charge on any atom is 0.119 e. The van der Waals surface area contributed by atoms with Crippen molar-refractivity contribution in [2.45, 2.75) is 52.2 Å². The van der Waals surface area contributed by atoms with Crippen LogP contribution in [0.25, 0.3) is 0 Å². The average molecular weight is 291 g/mol. The molecule has 1 unspecified atom stereocenters. The molecule has 1 aromatic carbocycles. The maximum absolute atomic E-state index is 5.74. The Kier molecular flexibility index (Phi) is 6.52. The highest BCUT2D eigenvalue weighted by Gasteiger charge is 2.24. The van der Waals surface area contributed by atoms with Crippen molar-refractivity contribution in [1.82, 2.24) is 5.32 Å². The number of hydrogen-bond donors (Lipinski definition) is 1. The Hall–Kier alpha value is -1.06. The first-order chi connectivity index (χ1) is 10.2. The molecule has 0 bridgehead atoms. The van der Waals surface area contributed by atoms with Crippen molar-refractivity contribution >= 4 is 0 Å². The second-order valence-corrected chi connectivity index (χ2v) is 6.12. The third kappa shape index (κ3) is 5.01. The van der Waals surface area contributed by atoms with Gasteiger partial charge in [0.15, 0.2) is 0 Å². The molecule has 21 heavy (non-hydrogen) atoms. The van der Waals surface area contributed by atoms with E-state index < -0.39 is 0 Å². The van der Waals surface area contributed by atoms with Gasteiger partial charge in [0, 0.05) is 19.3 Å². The van der Waals surface area contributed by atoms with Gasteiger partial charge in [-0.25, -0.2) is 0 Å². The van der Waals surface area contributed by atoms with Gasteiger partial charge in [-0.2, -0.15) is 0 Å². The van der Waals surface area contributed by atoms with Gasteiger partial charge >= 0.3 is 0 Å². The van der Waals surface area contributed by atoms with Gasteiger partial charge in [-0.1, -0.05) is 19.1 Å². The van der Waals surface area contributed by atoms with E-state index >= 15 is 0 Å². The fourth-order valence-corrected chi connectivity index (χ4v) is 2.93. The normalized spacial score (nSPS) is 17.9. The van der Waals surface area contributed by atoms with E-state index in [4.69, 9.17) is 9.47 Å². The molecule has 1 aromatic rings. The van der Waals surface area contributed by atoms with Crippen molar-refractivity contribution in [2.75, 3.05) is 19.8 Å². The molecule has 0 spiro atoms. The fourth-order valence-electron chi connectivity index (χ4n) is 2.93. The first-order valence-corrected chi connectivity index (χ1v) is 8.28. The molecule has 2 rings (SSSR count). The lowest BCUT2D eigenvalue weighted by Crippen LogP contribution is -2.32. The lowest BCUT2D eigenvalue weighted by atomic mass is 9.87. The van der Waals surface area contributed by atoms with Gasteiger partial charge in [0.25, 0.3) is 0 Å². The third-order valence-corrected chi connectivity index (χ3v) is 3.96. The van der Waals surface area contributed by atoms with Gasteiger partial charge in [-0.05, 0) is 63.3 Å². The van der Waals surface area contributed by atoms with Crippen molar-refractivity contribution in [3.8, 4) is 5.75 Å². The maximum atomic E-state index is 5.74. The summed E-state index contributed by atoms with van der Waals surface area (Å²) in [5.41, 5.74) is 1.37. The minimum atomic E-state index is 0.223. The molecule has 3 heteroatoms. The van der Waals surface area contributed by atoms with E-state index in [0.29, 0.717) is 12.0 Å². The van der Waals surface area contributed by atoms with Crippen LogP contribution in [0.3, 0.4) is 0 Å². The summed E-state index contributed by atoms with van der Waals surface area (Å²) < 4.78 is 11.2. The lowest BCUT2D eigenvalue weighted by Gasteiger charge is -2.31. The van der Waals surface area contributed by atoms with Gasteiger partial charge in [0.05, 0.1) is 6.10 Å². The average Bonchev–Trinajstić information content (AvgIpc) is 2.50. The summed E-state index contributed by atoms with van der Waals surface area (Å²) in [5.74, 6) is 1.62. The Morgan fingerprint density at radius 2 is 1.86 bits per heavy atom. The van der Waals surface area contributed by atoms with Gasteiger partial charge in [-0.15, -0.1) is 0 Å². The van der Waals surface area contributed by atoms with E-state index in [1.165, 1.54) is 5.56 Å². The summed E-state index contributed by atoms with van der Waals surface area (Å²) in [7, 11) is 0. The zero-order valence-electron chi connectivity index (χ0n) is 13.6. The number of ether oxygens (including phenoxy) is 2. The molecule has 0 radical (unpaired) electrons. The summed E-state index contributed by atoms with van der Waals surface area (Å²) in [6.07, 6.45) is 3.67. The van der Waals surface area contributed by atoms with Crippen molar-refractivity contribution < 1.29 is 9.47 Å². The Bertz CT molecular complexity index is 396. The van der Waals surface area contributed by atoms with E-state index in [9.17, 15) is 0 Å². The van der Waals surface area contributed by atoms with E-state index in [1.807, 2.05) is 0 Å². The summed E-state index contributed by atoms with van der Waals surface area (Å²) in [4.78, 5) is 0. The molecule has 1 heterocycles. The Labute approximate surface area is 129 Å². The molecule has 1 saturated heterocycles. The van der Waals surface area contributed by atoms with Crippen LogP contribution >= 0.6 is 0 Å². The van der Waals surface area contributed by atoms with Crippen LogP contribution in [-0.4, -0.2) is 25.9 Å². The number of benzene rings is 1. The first kappa shape index (κ1) is 16.3. The molecule has 1 N–H and O–H groups in total. The molecule has 0 amide bonds. The summed E-state index contributed by atoms with van der Waals surface area (Å²) >= 11 is 0. The van der Waals surface area contributed by atoms with E-state index in [1.54, 1.807) is 0 Å². The van der Waals surface area contributed by atoms with Gasteiger partial charge < -0.3 is 14.8 Å². The van der Waals surface area contributed by atoms with Crippen molar-refractivity contribution in [1.29, 1.82) is 0 Å². The molecular formula is C18H29NO2. The standard InChI is InChI=1S/C18H29NO2/c1-4-11-19-18(16-9-12-20-13-10-16)15-5-7-17(8-6-15)21-14(2)3/h5-8,14,16,18-19H,4,9-13H2,1-3H3. The molecule has 1 aliphatic rings. The molecule has 0 aliphatic carbocycles. The van der Waals surface area contributed by atoms with Crippen LogP contribution in [-0.2, 0) is 4.74 Å². The monoisotopic (exact) mass is 291 g/mol. The Morgan fingerprint density at radius 3 is 2.43 bits per heavy atom. The zero-order chi connectivity index (χ0) is 15.1. The molecule has 118 valence electrons. The SMILES string of the molecule is CCCNC(c1ccc(OC(C)C)cc1)C1CCOCC1. The summed E-state index contributed by atoms with van der Waals surface area (Å²) in [6.45, 7) is 9.18. The van der Waals surface area contributed by atoms with Crippen molar-refractivity contribution in [2.24, 2.45) is 5.92 Å². The second kappa shape index (κ2) is 8.40. The number of hydrogen-bond acceptors (Lipinski definition) is 3. The minimum Gasteiger partial charge on any atom is -0.491 e. The van der Waals surface area contributed by atoms with Crippen molar-refractivity contribution in [3.63, 3.8) is 0 Å². The van der Waals surface area contributed by atoms with Crippen LogP contribution < -0.4 is 10.1 Å². The molecule has 0 saturated carbocycles. The lowest BCUT2D eigenvalue weighted by molar-refractivity contribution is 0.0536. The van der Waals surface area contributed by atoms with E-state index in [0.717, 1.165) is 44.8 Å². The minimum absolute atomic E-state index is 0.223. The van der Waals surface area contributed by atoms with Crippen LogP contribution in [0.5, 0.6) is 5.75 Å². The highest BCUT2D eigenvalue weighted by molar-refractivity contribution is 5.29. The fraction of sp³-hybridized carbons (Fsp3) is 0.667. The van der Waals surface area contributed by atoms with Crippen LogP contribution in [0.15, 0.2) is 24.3 Å². The first-order valence-electron chi connectivity index (χ1n) is 8.28. The second-order valence-electron chi connectivity index (χ2n) is 6.12. The highest BCUT2D eigenvalue weighted by atomic mass is 16.5. The molecule has 3 nitrogen and oxygen atoms in total. The van der Waals surface area contributed by atoms with Crippen LogP contribution in [0.2, 0.25) is 0 Å². The Balaban J connectivity index is 2.07. The van der Waals surface area contributed by atoms with Gasteiger partial charge in [0.1, 0.15) is 5.75 Å². The molecular weight excluding hydrogens is 262 g/mol. The third-order valence-electron chi connectivity index (χ3n) is 3.96. The van der Waals surface area contributed by atoms with Gasteiger partial charge in [0.2, 0.25) is 0 Å². The van der Waals surface area contributed by atoms with Crippen LogP contribution in [0.4, 0.5) is 0 Å². The molecule has 0 aromatic heterocycles. The van der Waals surface area contributed by atoms with E-state index in [-0.39, 0.29) is 6.10 Å². The van der Waals surface area contributed by atoms with Crippen LogP contribution in [0.1, 0.15) is 51.6 Å². The van der Waals surface area contributed by atoms with E-state index in [2.05, 4.69) is 50.4 Å². The molecule has 1 atom stereocenters. The van der Waals surface area contributed by atoms with Crippen molar-refractivity contribution in [3.05, 3.63) is 29.8 Å². The number of nitrogens with one attached hydrogen (secondary N) is 1. The molecule has 1 aliphatic heterocycles. The zero-order valence-corrected chi connectivity index (χ0v) is 13.6. The highest BCUT2D eigenvalue weighted by Crippen LogP contribution is 2.31. The predicted octanol–water partition coefficient (Wildman–Crippen LogP) is 3.94. The summed E-state index contributed by atoms with van der Waals surface area (Å²) in [6, 6.07) is 9.04. The molecule has 1 fully saturated rings.